The molecule has 0 saturated heterocycles. The summed E-state index contributed by atoms with van der Waals surface area (Å²) in [4.78, 5) is 15.7. The van der Waals surface area contributed by atoms with Crippen LogP contribution in [0, 0.1) is 13.8 Å². The molecule has 0 amide bonds. The summed E-state index contributed by atoms with van der Waals surface area (Å²) in [5, 5.41) is 0. The molecule has 19 heavy (non-hydrogen) atoms. The summed E-state index contributed by atoms with van der Waals surface area (Å²) in [7, 11) is 0. The van der Waals surface area contributed by atoms with Crippen molar-refractivity contribution in [2.75, 3.05) is 0 Å². The molecule has 3 rings (SSSR count). The standard InChI is InChI=1S/C16H14N2O/c1-11-5-7-13(8-6-11)16-17-14(10-19)15-12(2)4-3-9-18(15)16/h3-10H,1-2H3. The van der Waals surface area contributed by atoms with Gasteiger partial charge in [0.05, 0.1) is 5.52 Å². The number of aromatic nitrogens is 2. The Morgan fingerprint density at radius 3 is 2.53 bits per heavy atom. The Kier molecular flexibility index (Phi) is 2.67. The molecule has 0 aliphatic heterocycles. The van der Waals surface area contributed by atoms with Crippen molar-refractivity contribution in [3.8, 4) is 11.4 Å². The van der Waals surface area contributed by atoms with Crippen LogP contribution in [0.2, 0.25) is 0 Å². The van der Waals surface area contributed by atoms with Crippen LogP contribution in [-0.4, -0.2) is 15.7 Å². The van der Waals surface area contributed by atoms with E-state index >= 15 is 0 Å². The van der Waals surface area contributed by atoms with Crippen molar-refractivity contribution in [1.82, 2.24) is 9.38 Å². The number of aldehydes is 1. The van der Waals surface area contributed by atoms with Gasteiger partial charge in [0.2, 0.25) is 0 Å². The second-order valence-electron chi connectivity index (χ2n) is 4.71. The van der Waals surface area contributed by atoms with Crippen LogP contribution in [0.15, 0.2) is 42.6 Å². The van der Waals surface area contributed by atoms with Crippen LogP contribution in [0.3, 0.4) is 0 Å². The van der Waals surface area contributed by atoms with E-state index in [1.165, 1.54) is 5.56 Å². The van der Waals surface area contributed by atoms with Gasteiger partial charge < -0.3 is 0 Å². The lowest BCUT2D eigenvalue weighted by Crippen LogP contribution is -1.90. The number of benzene rings is 1. The molecular weight excluding hydrogens is 236 g/mol. The molecule has 0 atom stereocenters. The van der Waals surface area contributed by atoms with E-state index in [1.807, 2.05) is 53.9 Å². The van der Waals surface area contributed by atoms with E-state index in [9.17, 15) is 4.79 Å². The summed E-state index contributed by atoms with van der Waals surface area (Å²) >= 11 is 0. The third-order valence-electron chi connectivity index (χ3n) is 3.31. The lowest BCUT2D eigenvalue weighted by Gasteiger charge is -2.03. The monoisotopic (exact) mass is 250 g/mol. The van der Waals surface area contributed by atoms with Gasteiger partial charge in [-0.05, 0) is 25.5 Å². The number of carbonyl (C=O) groups is 1. The highest BCUT2D eigenvalue weighted by Crippen LogP contribution is 2.24. The predicted octanol–water partition coefficient (Wildman–Crippen LogP) is 3.43. The van der Waals surface area contributed by atoms with E-state index in [4.69, 9.17) is 0 Å². The number of aryl methyl sites for hydroxylation is 2. The Bertz CT molecular complexity index is 754. The van der Waals surface area contributed by atoms with Crippen molar-refractivity contribution < 1.29 is 4.79 Å². The predicted molar refractivity (Wildman–Crippen MR) is 75.5 cm³/mol. The van der Waals surface area contributed by atoms with Crippen molar-refractivity contribution in [2.45, 2.75) is 13.8 Å². The van der Waals surface area contributed by atoms with Crippen molar-refractivity contribution in [3.63, 3.8) is 0 Å². The van der Waals surface area contributed by atoms with E-state index in [0.717, 1.165) is 28.8 Å². The second kappa shape index (κ2) is 4.35. The van der Waals surface area contributed by atoms with Crippen LogP contribution in [0.25, 0.3) is 16.9 Å². The molecule has 0 N–H and O–H groups in total. The molecule has 0 aliphatic rings. The average molecular weight is 250 g/mol. The first kappa shape index (κ1) is 11.7. The van der Waals surface area contributed by atoms with E-state index in [2.05, 4.69) is 11.9 Å². The van der Waals surface area contributed by atoms with Crippen LogP contribution < -0.4 is 0 Å². The second-order valence-corrected chi connectivity index (χ2v) is 4.71. The van der Waals surface area contributed by atoms with Crippen LogP contribution >= 0.6 is 0 Å². The van der Waals surface area contributed by atoms with Crippen molar-refractivity contribution in [1.29, 1.82) is 0 Å². The number of hydrogen-bond donors (Lipinski definition) is 0. The molecule has 0 fully saturated rings. The lowest BCUT2D eigenvalue weighted by molar-refractivity contribution is 0.112. The summed E-state index contributed by atoms with van der Waals surface area (Å²) < 4.78 is 1.98. The van der Waals surface area contributed by atoms with Gasteiger partial charge >= 0.3 is 0 Å². The Hall–Kier alpha value is -2.42. The first-order chi connectivity index (χ1) is 9.20. The Morgan fingerprint density at radius 1 is 1.11 bits per heavy atom. The van der Waals surface area contributed by atoms with Crippen LogP contribution in [0.1, 0.15) is 21.6 Å². The normalized spacial score (nSPS) is 10.8. The highest BCUT2D eigenvalue weighted by molar-refractivity contribution is 5.87. The molecule has 2 heterocycles. The molecule has 3 nitrogen and oxygen atoms in total. The zero-order chi connectivity index (χ0) is 13.4. The number of imidazole rings is 1. The SMILES string of the molecule is Cc1ccc(-c2nc(C=O)c3c(C)cccn23)cc1. The summed E-state index contributed by atoms with van der Waals surface area (Å²) in [6.45, 7) is 4.04. The van der Waals surface area contributed by atoms with Gasteiger partial charge in [-0.1, -0.05) is 35.9 Å². The number of nitrogens with zero attached hydrogens (tertiary/aromatic N) is 2. The molecule has 94 valence electrons. The largest absolute Gasteiger partial charge is 0.299 e. The Morgan fingerprint density at radius 2 is 1.84 bits per heavy atom. The first-order valence-corrected chi connectivity index (χ1v) is 6.20. The van der Waals surface area contributed by atoms with E-state index in [-0.39, 0.29) is 0 Å². The molecule has 2 aromatic heterocycles. The number of fused-ring (bicyclic) bond motifs is 1. The molecule has 1 aromatic carbocycles. The van der Waals surface area contributed by atoms with E-state index in [1.54, 1.807) is 0 Å². The third-order valence-corrected chi connectivity index (χ3v) is 3.31. The van der Waals surface area contributed by atoms with Crippen LogP contribution in [0.5, 0.6) is 0 Å². The topological polar surface area (TPSA) is 34.4 Å². The highest BCUT2D eigenvalue weighted by Gasteiger charge is 2.13. The molecule has 0 unspecified atom stereocenters. The zero-order valence-corrected chi connectivity index (χ0v) is 10.9. The molecule has 0 radical (unpaired) electrons. The molecule has 0 bridgehead atoms. The first-order valence-electron chi connectivity index (χ1n) is 6.20. The molecule has 0 spiro atoms. The number of carbonyl (C=O) groups excluding carboxylic acids is 1. The fraction of sp³-hybridized carbons (Fsp3) is 0.125. The smallest absolute Gasteiger partial charge is 0.170 e. The zero-order valence-electron chi connectivity index (χ0n) is 10.9. The van der Waals surface area contributed by atoms with Gasteiger partial charge in [0.1, 0.15) is 11.5 Å². The maximum atomic E-state index is 11.2. The molecule has 0 aliphatic carbocycles. The van der Waals surface area contributed by atoms with Gasteiger partial charge in [0, 0.05) is 11.8 Å². The summed E-state index contributed by atoms with van der Waals surface area (Å²) in [5.74, 6) is 0.806. The number of pyridine rings is 1. The number of hydrogen-bond acceptors (Lipinski definition) is 2. The van der Waals surface area contributed by atoms with Crippen molar-refractivity contribution >= 4 is 11.8 Å². The van der Waals surface area contributed by atoms with Gasteiger partial charge in [-0.25, -0.2) is 4.98 Å². The maximum absolute atomic E-state index is 11.2. The Labute approximate surface area is 111 Å². The third kappa shape index (κ3) is 1.83. The Balaban J connectivity index is 2.33. The summed E-state index contributed by atoms with van der Waals surface area (Å²) in [6, 6.07) is 12.1. The molecule has 3 aromatic rings. The molecular formula is C16H14N2O. The lowest BCUT2D eigenvalue weighted by atomic mass is 10.1. The quantitative estimate of drug-likeness (QED) is 0.653. The fourth-order valence-electron chi connectivity index (χ4n) is 2.33. The number of rotatable bonds is 2. The van der Waals surface area contributed by atoms with Gasteiger partial charge in [-0.3, -0.25) is 9.20 Å². The average Bonchev–Trinajstić information content (AvgIpc) is 2.80. The maximum Gasteiger partial charge on any atom is 0.170 e. The van der Waals surface area contributed by atoms with Crippen LogP contribution in [0.4, 0.5) is 0 Å². The van der Waals surface area contributed by atoms with Gasteiger partial charge in [-0.2, -0.15) is 0 Å². The molecule has 3 heteroatoms. The molecule has 0 saturated carbocycles. The van der Waals surface area contributed by atoms with Crippen LogP contribution in [-0.2, 0) is 0 Å². The minimum atomic E-state index is 0.494. The summed E-state index contributed by atoms with van der Waals surface area (Å²) in [6.07, 6.45) is 2.76. The minimum Gasteiger partial charge on any atom is -0.299 e. The van der Waals surface area contributed by atoms with Crippen molar-refractivity contribution in [3.05, 3.63) is 59.4 Å². The highest BCUT2D eigenvalue weighted by atomic mass is 16.1. The van der Waals surface area contributed by atoms with Gasteiger partial charge in [0.25, 0.3) is 0 Å². The van der Waals surface area contributed by atoms with E-state index < -0.39 is 0 Å². The van der Waals surface area contributed by atoms with E-state index in [0.29, 0.717) is 5.69 Å². The van der Waals surface area contributed by atoms with Crippen molar-refractivity contribution in [2.24, 2.45) is 0 Å². The van der Waals surface area contributed by atoms with Gasteiger partial charge in [0.15, 0.2) is 6.29 Å². The fourth-order valence-corrected chi connectivity index (χ4v) is 2.33. The van der Waals surface area contributed by atoms with Gasteiger partial charge in [-0.15, -0.1) is 0 Å². The minimum absolute atomic E-state index is 0.494. The summed E-state index contributed by atoms with van der Waals surface area (Å²) in [5.41, 5.74) is 4.65.